The SMILES string of the molecule is CCC(N)CC(=O)Nc1c(Br)cc(Br)cc1C(=O)O. The van der Waals surface area contributed by atoms with Crippen LogP contribution in [-0.4, -0.2) is 23.0 Å². The van der Waals surface area contributed by atoms with Crippen LogP contribution in [0.3, 0.4) is 0 Å². The number of rotatable bonds is 5. The van der Waals surface area contributed by atoms with Crippen LogP contribution in [0.25, 0.3) is 0 Å². The molecule has 0 radical (unpaired) electrons. The van der Waals surface area contributed by atoms with Crippen LogP contribution in [0.15, 0.2) is 21.1 Å². The third kappa shape index (κ3) is 4.59. The second kappa shape index (κ2) is 7.02. The molecule has 0 aliphatic carbocycles. The molecule has 7 heteroatoms. The largest absolute Gasteiger partial charge is 0.478 e. The zero-order valence-corrected chi connectivity index (χ0v) is 13.4. The third-order valence-corrected chi connectivity index (χ3v) is 3.61. The summed E-state index contributed by atoms with van der Waals surface area (Å²) >= 11 is 6.45. The third-order valence-electron chi connectivity index (χ3n) is 2.52. The van der Waals surface area contributed by atoms with Crippen LogP contribution in [-0.2, 0) is 4.79 Å². The molecule has 0 saturated carbocycles. The molecule has 1 aromatic carbocycles. The first kappa shape index (κ1) is 16.1. The highest BCUT2D eigenvalue weighted by molar-refractivity contribution is 9.11. The number of nitrogens with one attached hydrogen (secondary N) is 1. The fourth-order valence-electron chi connectivity index (χ4n) is 1.44. The molecular weight excluding hydrogens is 380 g/mol. The number of carboxylic acid groups (broad SMARTS) is 1. The van der Waals surface area contributed by atoms with Gasteiger partial charge in [-0.3, -0.25) is 4.79 Å². The van der Waals surface area contributed by atoms with E-state index in [9.17, 15) is 9.59 Å². The number of nitrogens with two attached hydrogens (primary N) is 1. The number of aromatic carboxylic acids is 1. The predicted molar refractivity (Wildman–Crippen MR) is 80.3 cm³/mol. The Balaban J connectivity index is 3.00. The molecule has 5 nitrogen and oxygen atoms in total. The van der Waals surface area contributed by atoms with Crippen LogP contribution in [0.5, 0.6) is 0 Å². The fourth-order valence-corrected chi connectivity index (χ4v) is 2.77. The lowest BCUT2D eigenvalue weighted by molar-refractivity contribution is -0.116. The van der Waals surface area contributed by atoms with E-state index < -0.39 is 5.97 Å². The Morgan fingerprint density at radius 2 is 2.05 bits per heavy atom. The summed E-state index contributed by atoms with van der Waals surface area (Å²) in [6.07, 6.45) is 0.832. The quantitative estimate of drug-likeness (QED) is 0.716. The average molecular weight is 394 g/mol. The summed E-state index contributed by atoms with van der Waals surface area (Å²) < 4.78 is 1.11. The van der Waals surface area contributed by atoms with Gasteiger partial charge in [-0.1, -0.05) is 22.9 Å². The van der Waals surface area contributed by atoms with Crippen LogP contribution in [0, 0.1) is 0 Å². The van der Waals surface area contributed by atoms with Gasteiger partial charge in [0.25, 0.3) is 0 Å². The van der Waals surface area contributed by atoms with E-state index in [0.29, 0.717) is 15.4 Å². The van der Waals surface area contributed by atoms with E-state index in [1.54, 1.807) is 6.07 Å². The van der Waals surface area contributed by atoms with Crippen molar-refractivity contribution in [2.75, 3.05) is 5.32 Å². The molecule has 0 spiro atoms. The van der Waals surface area contributed by atoms with Gasteiger partial charge in [-0.25, -0.2) is 4.79 Å². The maximum atomic E-state index is 11.8. The highest BCUT2D eigenvalue weighted by Crippen LogP contribution is 2.31. The van der Waals surface area contributed by atoms with Crippen molar-refractivity contribution >= 4 is 49.4 Å². The van der Waals surface area contributed by atoms with E-state index in [4.69, 9.17) is 10.8 Å². The maximum Gasteiger partial charge on any atom is 0.337 e. The molecule has 0 bridgehead atoms. The summed E-state index contributed by atoms with van der Waals surface area (Å²) in [6.45, 7) is 1.89. The van der Waals surface area contributed by atoms with Crippen molar-refractivity contribution in [2.45, 2.75) is 25.8 Å². The highest BCUT2D eigenvalue weighted by atomic mass is 79.9. The first-order chi connectivity index (χ1) is 8.85. The van der Waals surface area contributed by atoms with Crippen molar-refractivity contribution in [2.24, 2.45) is 5.73 Å². The van der Waals surface area contributed by atoms with Gasteiger partial charge in [-0.2, -0.15) is 0 Å². The minimum Gasteiger partial charge on any atom is -0.478 e. The Morgan fingerprint density at radius 1 is 1.42 bits per heavy atom. The van der Waals surface area contributed by atoms with Crippen LogP contribution in [0.4, 0.5) is 5.69 Å². The highest BCUT2D eigenvalue weighted by Gasteiger charge is 2.17. The molecule has 0 fully saturated rings. The minimum atomic E-state index is -1.11. The van der Waals surface area contributed by atoms with Gasteiger partial charge in [0, 0.05) is 21.4 Å². The van der Waals surface area contributed by atoms with E-state index in [1.165, 1.54) is 6.07 Å². The van der Waals surface area contributed by atoms with E-state index in [2.05, 4.69) is 37.2 Å². The number of hydrogen-bond donors (Lipinski definition) is 3. The molecule has 0 aliphatic rings. The van der Waals surface area contributed by atoms with Crippen molar-refractivity contribution in [3.63, 3.8) is 0 Å². The Hall–Kier alpha value is -0.920. The Morgan fingerprint density at radius 3 is 2.58 bits per heavy atom. The van der Waals surface area contributed by atoms with Crippen molar-refractivity contribution in [3.05, 3.63) is 26.6 Å². The normalized spacial score (nSPS) is 12.0. The number of carbonyl (C=O) groups excluding carboxylic acids is 1. The molecule has 0 aliphatic heterocycles. The molecule has 1 amide bonds. The molecule has 0 heterocycles. The lowest BCUT2D eigenvalue weighted by Gasteiger charge is -2.13. The van der Waals surface area contributed by atoms with E-state index >= 15 is 0 Å². The van der Waals surface area contributed by atoms with Crippen molar-refractivity contribution < 1.29 is 14.7 Å². The molecule has 104 valence electrons. The van der Waals surface area contributed by atoms with Crippen LogP contribution in [0.2, 0.25) is 0 Å². The monoisotopic (exact) mass is 392 g/mol. The number of halogens is 2. The number of anilines is 1. The first-order valence-corrected chi connectivity index (χ1v) is 7.21. The molecule has 1 unspecified atom stereocenters. The lowest BCUT2D eigenvalue weighted by atomic mass is 10.1. The molecule has 1 atom stereocenters. The molecule has 19 heavy (non-hydrogen) atoms. The van der Waals surface area contributed by atoms with Gasteiger partial charge in [-0.15, -0.1) is 0 Å². The number of benzene rings is 1. The fraction of sp³-hybridized carbons (Fsp3) is 0.333. The van der Waals surface area contributed by atoms with E-state index in [0.717, 1.165) is 0 Å². The van der Waals surface area contributed by atoms with Crippen LogP contribution in [0.1, 0.15) is 30.1 Å². The van der Waals surface area contributed by atoms with Gasteiger partial charge < -0.3 is 16.2 Å². The smallest absolute Gasteiger partial charge is 0.337 e. The lowest BCUT2D eigenvalue weighted by Crippen LogP contribution is -2.27. The molecule has 1 rings (SSSR count). The van der Waals surface area contributed by atoms with Gasteiger partial charge in [-0.05, 0) is 34.5 Å². The maximum absolute atomic E-state index is 11.8. The number of hydrogen-bond acceptors (Lipinski definition) is 3. The summed E-state index contributed by atoms with van der Waals surface area (Å²) in [5.74, 6) is -1.42. The van der Waals surface area contributed by atoms with Crippen LogP contribution >= 0.6 is 31.9 Å². The van der Waals surface area contributed by atoms with Gasteiger partial charge in [0.15, 0.2) is 0 Å². The number of amides is 1. The predicted octanol–water partition coefficient (Wildman–Crippen LogP) is 2.98. The van der Waals surface area contributed by atoms with Crippen LogP contribution < -0.4 is 11.1 Å². The molecule has 4 N–H and O–H groups in total. The summed E-state index contributed by atoms with van der Waals surface area (Å²) in [5, 5.41) is 11.7. The van der Waals surface area contributed by atoms with Gasteiger partial charge >= 0.3 is 5.97 Å². The molecule has 0 saturated heterocycles. The second-order valence-corrected chi connectivity index (χ2v) is 5.81. The van der Waals surface area contributed by atoms with Crippen molar-refractivity contribution in [3.8, 4) is 0 Å². The summed E-state index contributed by atoms with van der Waals surface area (Å²) in [4.78, 5) is 22.9. The van der Waals surface area contributed by atoms with Gasteiger partial charge in [0.05, 0.1) is 11.3 Å². The van der Waals surface area contributed by atoms with Gasteiger partial charge in [0.2, 0.25) is 5.91 Å². The summed E-state index contributed by atoms with van der Waals surface area (Å²) in [7, 11) is 0. The Kier molecular flexibility index (Phi) is 5.96. The van der Waals surface area contributed by atoms with E-state index in [1.807, 2.05) is 6.92 Å². The molecular formula is C12H14Br2N2O3. The minimum absolute atomic E-state index is 0.0136. The van der Waals surface area contributed by atoms with Crippen molar-refractivity contribution in [1.82, 2.24) is 0 Å². The summed E-state index contributed by atoms with van der Waals surface area (Å²) in [5.41, 5.74) is 5.94. The van der Waals surface area contributed by atoms with E-state index in [-0.39, 0.29) is 29.6 Å². The topological polar surface area (TPSA) is 92.4 Å². The number of carboxylic acids is 1. The first-order valence-electron chi connectivity index (χ1n) is 5.63. The number of carbonyl (C=O) groups is 2. The molecule has 0 aromatic heterocycles. The average Bonchev–Trinajstić information content (AvgIpc) is 2.31. The zero-order chi connectivity index (χ0) is 14.6. The Bertz CT molecular complexity index is 506. The zero-order valence-electron chi connectivity index (χ0n) is 10.2. The standard InChI is InChI=1S/C12H14Br2N2O3/c1-2-7(15)5-10(17)16-11-8(12(18)19)3-6(13)4-9(11)14/h3-4,7H,2,5,15H2,1H3,(H,16,17)(H,18,19). The Labute approximate surface area is 127 Å². The second-order valence-electron chi connectivity index (χ2n) is 4.04. The molecule has 1 aromatic rings. The van der Waals surface area contributed by atoms with Crippen molar-refractivity contribution in [1.29, 1.82) is 0 Å². The van der Waals surface area contributed by atoms with Gasteiger partial charge in [0.1, 0.15) is 0 Å². The summed E-state index contributed by atoms with van der Waals surface area (Å²) in [6, 6.07) is 2.87.